The summed E-state index contributed by atoms with van der Waals surface area (Å²) in [5.74, 6) is 1.32. The number of hydrogen-bond donors (Lipinski definition) is 1. The predicted molar refractivity (Wildman–Crippen MR) is 138 cm³/mol. The minimum atomic E-state index is -0.295. The van der Waals surface area contributed by atoms with Crippen LogP contribution in [0.15, 0.2) is 42.6 Å². The lowest BCUT2D eigenvalue weighted by atomic mass is 10.2. The van der Waals surface area contributed by atoms with Crippen LogP contribution in [0.1, 0.15) is 30.0 Å². The third-order valence-corrected chi connectivity index (χ3v) is 6.35. The van der Waals surface area contributed by atoms with Crippen LogP contribution in [0.25, 0.3) is 0 Å². The molecule has 1 aliphatic heterocycles. The van der Waals surface area contributed by atoms with Gasteiger partial charge in [0.15, 0.2) is 5.13 Å². The third kappa shape index (κ3) is 6.98. The van der Waals surface area contributed by atoms with Crippen molar-refractivity contribution in [2.24, 2.45) is 5.92 Å². The minimum Gasteiger partial charge on any atom is -0.461 e. The summed E-state index contributed by atoms with van der Waals surface area (Å²) in [4.78, 5) is 41.7. The van der Waals surface area contributed by atoms with Gasteiger partial charge in [0.25, 0.3) is 0 Å². The van der Waals surface area contributed by atoms with Crippen LogP contribution in [0.3, 0.4) is 0 Å². The van der Waals surface area contributed by atoms with Crippen molar-refractivity contribution in [3.8, 4) is 5.06 Å². The van der Waals surface area contributed by atoms with Gasteiger partial charge in [-0.05, 0) is 19.1 Å². The minimum absolute atomic E-state index is 0.208. The molecule has 0 spiro atoms. The van der Waals surface area contributed by atoms with Gasteiger partial charge in [-0.25, -0.2) is 19.7 Å². The zero-order chi connectivity index (χ0) is 25.5. The number of carbonyl (C=O) groups excluding carboxylic acids is 2. The molecule has 0 unspecified atom stereocenters. The fourth-order valence-electron chi connectivity index (χ4n) is 3.59. The molecule has 1 aromatic carbocycles. The molecule has 0 aliphatic carbocycles. The Morgan fingerprint density at radius 1 is 1.11 bits per heavy atom. The molecule has 11 heteroatoms. The second kappa shape index (κ2) is 11.9. The predicted octanol–water partition coefficient (Wildman–Crippen LogP) is 3.53. The van der Waals surface area contributed by atoms with Crippen molar-refractivity contribution in [3.63, 3.8) is 0 Å². The number of aryl methyl sites for hydroxylation is 1. The second-order valence-corrected chi connectivity index (χ2v) is 9.67. The Balaban J connectivity index is 1.27. The zero-order valence-corrected chi connectivity index (χ0v) is 21.5. The largest absolute Gasteiger partial charge is 0.461 e. The lowest BCUT2D eigenvalue weighted by Gasteiger charge is -2.35. The number of carbonyl (C=O) groups is 2. The first-order chi connectivity index (χ1) is 17.4. The van der Waals surface area contributed by atoms with Crippen molar-refractivity contribution in [2.45, 2.75) is 20.8 Å². The highest BCUT2D eigenvalue weighted by Crippen LogP contribution is 2.29. The van der Waals surface area contributed by atoms with E-state index in [2.05, 4.69) is 30.1 Å². The number of thiazole rings is 1. The standard InChI is InChI=1S/C25H30N6O4S/c1-17(2)23(32)35-22-16-26-25(36-22)29-20-15-21(28-18(3)27-20)31-11-9-30(10-12-31)13-14-34-24(33)19-7-5-4-6-8-19/h4-8,15-17H,9-14H2,1-3H3,(H,26,27,28,29). The molecule has 0 bridgehead atoms. The quantitative estimate of drug-likeness (QED) is 0.429. The van der Waals surface area contributed by atoms with Gasteiger partial charge in [0.2, 0.25) is 5.06 Å². The van der Waals surface area contributed by atoms with Crippen LogP contribution in [0.2, 0.25) is 0 Å². The van der Waals surface area contributed by atoms with Crippen molar-refractivity contribution in [1.82, 2.24) is 19.9 Å². The molecule has 0 atom stereocenters. The lowest BCUT2D eigenvalue weighted by molar-refractivity contribution is -0.137. The van der Waals surface area contributed by atoms with Gasteiger partial charge in [-0.15, -0.1) is 0 Å². The van der Waals surface area contributed by atoms with Gasteiger partial charge in [0, 0.05) is 38.8 Å². The first-order valence-electron chi connectivity index (χ1n) is 11.9. The van der Waals surface area contributed by atoms with Crippen LogP contribution in [-0.4, -0.2) is 71.1 Å². The molecule has 1 saturated heterocycles. The van der Waals surface area contributed by atoms with Gasteiger partial charge in [0.05, 0.1) is 17.7 Å². The van der Waals surface area contributed by atoms with Gasteiger partial charge in [-0.2, -0.15) is 0 Å². The highest BCUT2D eigenvalue weighted by atomic mass is 32.1. The summed E-state index contributed by atoms with van der Waals surface area (Å²) in [6.07, 6.45) is 1.53. The number of rotatable bonds is 9. The maximum Gasteiger partial charge on any atom is 0.338 e. The SMILES string of the molecule is Cc1nc(Nc2ncc(OC(=O)C(C)C)s2)cc(N2CCN(CCOC(=O)c3ccccc3)CC2)n1. The van der Waals surface area contributed by atoms with Gasteiger partial charge >= 0.3 is 11.9 Å². The topological polar surface area (TPSA) is 110 Å². The fraction of sp³-hybridized carbons (Fsp3) is 0.400. The summed E-state index contributed by atoms with van der Waals surface area (Å²) in [6.45, 7) is 9.75. The second-order valence-electron chi connectivity index (χ2n) is 8.67. The molecule has 4 rings (SSSR count). The number of piperazine rings is 1. The molecule has 1 fully saturated rings. The van der Waals surface area contributed by atoms with Crippen LogP contribution in [0.5, 0.6) is 5.06 Å². The first-order valence-corrected chi connectivity index (χ1v) is 12.7. The lowest BCUT2D eigenvalue weighted by Crippen LogP contribution is -2.47. The Hall–Kier alpha value is -3.57. The number of benzene rings is 1. The Kier molecular flexibility index (Phi) is 8.44. The average molecular weight is 511 g/mol. The summed E-state index contributed by atoms with van der Waals surface area (Å²) < 4.78 is 10.7. The number of ether oxygens (including phenoxy) is 2. The molecule has 1 N–H and O–H groups in total. The van der Waals surface area contributed by atoms with Crippen LogP contribution >= 0.6 is 11.3 Å². The van der Waals surface area contributed by atoms with E-state index < -0.39 is 0 Å². The monoisotopic (exact) mass is 510 g/mol. The van der Waals surface area contributed by atoms with Crippen LogP contribution in [0, 0.1) is 12.8 Å². The van der Waals surface area contributed by atoms with Crippen molar-refractivity contribution in [2.75, 3.05) is 49.5 Å². The van der Waals surface area contributed by atoms with Crippen molar-refractivity contribution in [3.05, 3.63) is 54.0 Å². The molecule has 3 heterocycles. The van der Waals surface area contributed by atoms with E-state index in [0.29, 0.717) is 40.6 Å². The van der Waals surface area contributed by atoms with E-state index in [1.807, 2.05) is 31.2 Å². The molecule has 0 amide bonds. The Morgan fingerprint density at radius 3 is 2.58 bits per heavy atom. The molecule has 3 aromatic rings. The molecule has 36 heavy (non-hydrogen) atoms. The molecular weight excluding hydrogens is 480 g/mol. The van der Waals surface area contributed by atoms with E-state index >= 15 is 0 Å². The Bertz CT molecular complexity index is 1180. The van der Waals surface area contributed by atoms with Gasteiger partial charge in [0.1, 0.15) is 24.1 Å². The first kappa shape index (κ1) is 25.5. The normalized spacial score (nSPS) is 14.1. The molecule has 2 aromatic heterocycles. The van der Waals surface area contributed by atoms with E-state index in [1.54, 1.807) is 26.0 Å². The number of esters is 2. The summed E-state index contributed by atoms with van der Waals surface area (Å²) in [5, 5.41) is 4.21. The highest BCUT2D eigenvalue weighted by Gasteiger charge is 2.20. The summed E-state index contributed by atoms with van der Waals surface area (Å²) in [7, 11) is 0. The highest BCUT2D eigenvalue weighted by molar-refractivity contribution is 7.17. The van der Waals surface area contributed by atoms with E-state index in [4.69, 9.17) is 9.47 Å². The van der Waals surface area contributed by atoms with E-state index in [-0.39, 0.29) is 17.9 Å². The smallest absolute Gasteiger partial charge is 0.338 e. The maximum absolute atomic E-state index is 12.1. The summed E-state index contributed by atoms with van der Waals surface area (Å²) in [6, 6.07) is 10.9. The molecule has 1 aliphatic rings. The van der Waals surface area contributed by atoms with E-state index in [1.165, 1.54) is 17.5 Å². The van der Waals surface area contributed by atoms with Crippen LogP contribution in [0.4, 0.5) is 16.8 Å². The van der Waals surface area contributed by atoms with Crippen molar-refractivity contribution < 1.29 is 19.1 Å². The van der Waals surface area contributed by atoms with Crippen molar-refractivity contribution in [1.29, 1.82) is 0 Å². The molecule has 190 valence electrons. The van der Waals surface area contributed by atoms with Crippen LogP contribution in [-0.2, 0) is 9.53 Å². The number of anilines is 3. The van der Waals surface area contributed by atoms with Gasteiger partial charge < -0.3 is 19.7 Å². The van der Waals surface area contributed by atoms with Gasteiger partial charge in [-0.1, -0.05) is 43.4 Å². The number of nitrogens with zero attached hydrogens (tertiary/aromatic N) is 5. The third-order valence-electron chi connectivity index (χ3n) is 5.56. The summed E-state index contributed by atoms with van der Waals surface area (Å²) >= 11 is 1.25. The zero-order valence-electron chi connectivity index (χ0n) is 20.6. The van der Waals surface area contributed by atoms with E-state index in [0.717, 1.165) is 32.0 Å². The van der Waals surface area contributed by atoms with Gasteiger partial charge in [-0.3, -0.25) is 9.69 Å². The maximum atomic E-state index is 12.1. The Labute approximate surface area is 214 Å². The molecular formula is C25H30N6O4S. The molecule has 10 nitrogen and oxygen atoms in total. The Morgan fingerprint density at radius 2 is 1.86 bits per heavy atom. The van der Waals surface area contributed by atoms with Crippen LogP contribution < -0.4 is 15.0 Å². The number of nitrogens with one attached hydrogen (secondary N) is 1. The van der Waals surface area contributed by atoms with Crippen molar-refractivity contribution >= 4 is 40.0 Å². The number of aromatic nitrogens is 3. The van der Waals surface area contributed by atoms with E-state index in [9.17, 15) is 9.59 Å². The molecule has 0 saturated carbocycles. The fourth-order valence-corrected chi connectivity index (χ4v) is 4.28. The average Bonchev–Trinajstić information content (AvgIpc) is 3.31. The summed E-state index contributed by atoms with van der Waals surface area (Å²) in [5.41, 5.74) is 0.566. The molecule has 0 radical (unpaired) electrons. The number of hydrogen-bond acceptors (Lipinski definition) is 11.